The second-order valence-electron chi connectivity index (χ2n) is 4.82. The summed E-state index contributed by atoms with van der Waals surface area (Å²) in [5, 5.41) is 2.82. The number of nitrogens with two attached hydrogens (primary N) is 1. The largest absolute Gasteiger partial charge is 0.467 e. The molecule has 6 nitrogen and oxygen atoms in total. The van der Waals surface area contributed by atoms with E-state index < -0.39 is 0 Å². The van der Waals surface area contributed by atoms with Crippen LogP contribution in [0.3, 0.4) is 0 Å². The topological polar surface area (TPSA) is 86.1 Å². The lowest BCUT2D eigenvalue weighted by Crippen LogP contribution is -2.27. The predicted molar refractivity (Wildman–Crippen MR) is 79.4 cm³/mol. The molecule has 0 aliphatic carbocycles. The zero-order chi connectivity index (χ0) is 14.8. The van der Waals surface area contributed by atoms with Gasteiger partial charge in [0.25, 0.3) is 0 Å². The van der Waals surface area contributed by atoms with Gasteiger partial charge in [-0.05, 0) is 31.2 Å². The summed E-state index contributed by atoms with van der Waals surface area (Å²) < 4.78 is 7.03. The average Bonchev–Trinajstić information content (AvgIpc) is 3.07. The minimum Gasteiger partial charge on any atom is -0.467 e. The first-order valence-electron chi connectivity index (χ1n) is 6.65. The number of nitrogen functional groups attached to an aromatic ring is 1. The number of benzene rings is 1. The Balaban J connectivity index is 1.77. The van der Waals surface area contributed by atoms with Crippen molar-refractivity contribution in [3.8, 4) is 0 Å². The molecule has 3 N–H and O–H groups in total. The summed E-state index contributed by atoms with van der Waals surface area (Å²) in [6.45, 7) is 2.44. The molecule has 1 amide bonds. The van der Waals surface area contributed by atoms with Crippen LogP contribution in [0.25, 0.3) is 11.0 Å². The van der Waals surface area contributed by atoms with Crippen molar-refractivity contribution in [3.05, 3.63) is 48.2 Å². The molecule has 3 rings (SSSR count). The van der Waals surface area contributed by atoms with Crippen LogP contribution in [-0.4, -0.2) is 15.5 Å². The third-order valence-electron chi connectivity index (χ3n) is 3.34. The van der Waals surface area contributed by atoms with E-state index in [4.69, 9.17) is 10.2 Å². The Morgan fingerprint density at radius 2 is 2.24 bits per heavy atom. The van der Waals surface area contributed by atoms with Gasteiger partial charge in [-0.1, -0.05) is 6.07 Å². The molecule has 0 fully saturated rings. The predicted octanol–water partition coefficient (Wildman–Crippen LogP) is 1.84. The van der Waals surface area contributed by atoms with Gasteiger partial charge in [-0.3, -0.25) is 4.79 Å². The summed E-state index contributed by atoms with van der Waals surface area (Å²) in [6, 6.07) is 9.17. The minimum atomic E-state index is -0.101. The molecule has 0 atom stereocenters. The van der Waals surface area contributed by atoms with E-state index in [1.807, 2.05) is 29.7 Å². The highest BCUT2D eigenvalue weighted by Crippen LogP contribution is 2.21. The first-order chi connectivity index (χ1) is 10.1. The number of rotatable bonds is 4. The van der Waals surface area contributed by atoms with Crippen molar-refractivity contribution < 1.29 is 9.21 Å². The zero-order valence-corrected chi connectivity index (χ0v) is 11.7. The lowest BCUT2D eigenvalue weighted by molar-refractivity contribution is -0.121. The van der Waals surface area contributed by atoms with Crippen LogP contribution in [0.5, 0.6) is 0 Å². The molecule has 0 radical (unpaired) electrons. The van der Waals surface area contributed by atoms with E-state index in [0.717, 1.165) is 22.6 Å². The third-order valence-corrected chi connectivity index (χ3v) is 3.34. The van der Waals surface area contributed by atoms with Gasteiger partial charge in [0.1, 0.15) is 23.6 Å². The van der Waals surface area contributed by atoms with Crippen molar-refractivity contribution in [3.63, 3.8) is 0 Å². The van der Waals surface area contributed by atoms with Crippen molar-refractivity contribution in [2.75, 3.05) is 5.73 Å². The van der Waals surface area contributed by atoms with E-state index in [1.165, 1.54) is 0 Å². The zero-order valence-electron chi connectivity index (χ0n) is 11.7. The number of nitrogens with zero attached hydrogens (tertiary/aromatic N) is 2. The lowest BCUT2D eigenvalue weighted by atomic mass is 10.3. The Labute approximate surface area is 121 Å². The molecule has 0 saturated heterocycles. The first kappa shape index (κ1) is 13.2. The number of anilines is 1. The number of imidazole rings is 1. The van der Waals surface area contributed by atoms with Gasteiger partial charge < -0.3 is 20.0 Å². The Hall–Kier alpha value is -2.76. The molecule has 2 aromatic heterocycles. The molecule has 2 heterocycles. The van der Waals surface area contributed by atoms with Gasteiger partial charge in [-0.15, -0.1) is 0 Å². The van der Waals surface area contributed by atoms with Gasteiger partial charge in [0.2, 0.25) is 5.91 Å². The Morgan fingerprint density at radius 3 is 3.00 bits per heavy atom. The molecule has 0 unspecified atom stereocenters. The number of carbonyl (C=O) groups is 1. The number of amides is 1. The molecule has 0 saturated carbocycles. The average molecular weight is 284 g/mol. The number of fused-ring (bicyclic) bond motifs is 1. The maximum Gasteiger partial charge on any atom is 0.240 e. The van der Waals surface area contributed by atoms with Gasteiger partial charge in [0, 0.05) is 0 Å². The molecular weight excluding hydrogens is 268 g/mol. The van der Waals surface area contributed by atoms with Crippen molar-refractivity contribution >= 4 is 22.6 Å². The third kappa shape index (κ3) is 2.60. The quantitative estimate of drug-likeness (QED) is 0.716. The molecule has 0 aliphatic rings. The van der Waals surface area contributed by atoms with Crippen LogP contribution >= 0.6 is 0 Å². The van der Waals surface area contributed by atoms with Crippen molar-refractivity contribution in [2.45, 2.75) is 20.0 Å². The fourth-order valence-corrected chi connectivity index (χ4v) is 2.28. The molecule has 21 heavy (non-hydrogen) atoms. The summed E-state index contributed by atoms with van der Waals surface area (Å²) in [7, 11) is 0. The molecule has 108 valence electrons. The van der Waals surface area contributed by atoms with E-state index in [0.29, 0.717) is 12.2 Å². The minimum absolute atomic E-state index is 0.101. The highest BCUT2D eigenvalue weighted by molar-refractivity contribution is 5.89. The van der Waals surface area contributed by atoms with E-state index in [9.17, 15) is 4.79 Å². The maximum atomic E-state index is 12.1. The van der Waals surface area contributed by atoms with E-state index >= 15 is 0 Å². The summed E-state index contributed by atoms with van der Waals surface area (Å²) in [4.78, 5) is 16.5. The first-order valence-corrected chi connectivity index (χ1v) is 6.65. The highest BCUT2D eigenvalue weighted by atomic mass is 16.3. The summed E-state index contributed by atoms with van der Waals surface area (Å²) >= 11 is 0. The summed E-state index contributed by atoms with van der Waals surface area (Å²) in [6.07, 6.45) is 1.58. The van der Waals surface area contributed by atoms with Gasteiger partial charge in [-0.2, -0.15) is 0 Å². The van der Waals surface area contributed by atoms with Gasteiger partial charge in [0.05, 0.1) is 24.0 Å². The number of carbonyl (C=O) groups excluding carboxylic acids is 1. The highest BCUT2D eigenvalue weighted by Gasteiger charge is 2.12. The van der Waals surface area contributed by atoms with Crippen molar-refractivity contribution in [2.24, 2.45) is 0 Å². The van der Waals surface area contributed by atoms with Crippen LogP contribution in [0.4, 0.5) is 5.69 Å². The molecule has 6 heteroatoms. The van der Waals surface area contributed by atoms with Crippen LogP contribution in [0.15, 0.2) is 41.0 Å². The second kappa shape index (κ2) is 5.32. The molecule has 1 aromatic carbocycles. The standard InChI is InChI=1S/C15H16N4O2/c1-10-18-15-12(16)5-2-6-13(15)19(10)9-14(20)17-8-11-4-3-7-21-11/h2-7H,8-9,16H2,1H3,(H,17,20). The van der Waals surface area contributed by atoms with Crippen molar-refractivity contribution in [1.29, 1.82) is 0 Å². The number of aryl methyl sites for hydroxylation is 1. The Kier molecular flexibility index (Phi) is 3.35. The van der Waals surface area contributed by atoms with Crippen LogP contribution in [0, 0.1) is 6.92 Å². The van der Waals surface area contributed by atoms with Gasteiger partial charge in [-0.25, -0.2) is 4.98 Å². The molecule has 0 bridgehead atoms. The van der Waals surface area contributed by atoms with Gasteiger partial charge >= 0.3 is 0 Å². The smallest absolute Gasteiger partial charge is 0.240 e. The van der Waals surface area contributed by atoms with Crippen LogP contribution in [-0.2, 0) is 17.9 Å². The van der Waals surface area contributed by atoms with E-state index in [-0.39, 0.29) is 12.5 Å². The molecule has 3 aromatic rings. The fraction of sp³-hybridized carbons (Fsp3) is 0.200. The van der Waals surface area contributed by atoms with Gasteiger partial charge in [0.15, 0.2) is 0 Å². The van der Waals surface area contributed by atoms with Crippen molar-refractivity contribution in [1.82, 2.24) is 14.9 Å². The monoisotopic (exact) mass is 284 g/mol. The molecule has 0 aliphatic heterocycles. The SMILES string of the molecule is Cc1nc2c(N)cccc2n1CC(=O)NCc1ccco1. The number of para-hydroxylation sites is 1. The summed E-state index contributed by atoms with van der Waals surface area (Å²) in [5.41, 5.74) is 8.11. The fourth-order valence-electron chi connectivity index (χ4n) is 2.28. The number of furan rings is 1. The molecule has 0 spiro atoms. The maximum absolute atomic E-state index is 12.1. The molecular formula is C15H16N4O2. The number of nitrogens with one attached hydrogen (secondary N) is 1. The van der Waals surface area contributed by atoms with Crippen LogP contribution < -0.4 is 11.1 Å². The van der Waals surface area contributed by atoms with Crippen LogP contribution in [0.2, 0.25) is 0 Å². The number of hydrogen-bond donors (Lipinski definition) is 2. The van der Waals surface area contributed by atoms with Crippen LogP contribution in [0.1, 0.15) is 11.6 Å². The lowest BCUT2D eigenvalue weighted by Gasteiger charge is -2.07. The second-order valence-corrected chi connectivity index (χ2v) is 4.82. The normalized spacial score (nSPS) is 10.9. The number of aromatic nitrogens is 2. The van der Waals surface area contributed by atoms with E-state index in [2.05, 4.69) is 10.3 Å². The number of hydrogen-bond acceptors (Lipinski definition) is 4. The Bertz CT molecular complexity index is 774. The Morgan fingerprint density at radius 1 is 1.38 bits per heavy atom. The summed E-state index contributed by atoms with van der Waals surface area (Å²) in [5.74, 6) is 1.38. The van der Waals surface area contributed by atoms with E-state index in [1.54, 1.807) is 18.4 Å².